The molecule has 23 heavy (non-hydrogen) atoms. The molecule has 0 radical (unpaired) electrons. The molecule has 0 aromatic heterocycles. The summed E-state index contributed by atoms with van der Waals surface area (Å²) >= 11 is 0. The molecule has 2 saturated heterocycles. The number of urea groups is 1. The molecule has 2 amide bonds. The fraction of sp³-hybridized carbons (Fsp3) is 0.611. The van der Waals surface area contributed by atoms with Crippen LogP contribution in [0.4, 0.5) is 16.2 Å². The van der Waals surface area contributed by atoms with E-state index in [1.165, 1.54) is 24.9 Å². The number of nitrogens with one attached hydrogen (secondary N) is 1. The van der Waals surface area contributed by atoms with E-state index in [4.69, 9.17) is 4.74 Å². The standard InChI is InChI=1S/C18H27N3O2/c1-14-12-21(13-15(2)23-14)18(22)19-16-7-6-8-17(11-16)20-9-4-3-5-10-20/h6-8,11,14-15H,3-5,9-10,12-13H2,1-2H3,(H,19,22). The van der Waals surface area contributed by atoms with Gasteiger partial charge in [0.15, 0.2) is 0 Å². The van der Waals surface area contributed by atoms with Crippen molar-refractivity contribution < 1.29 is 9.53 Å². The van der Waals surface area contributed by atoms with Crippen LogP contribution in [0.3, 0.4) is 0 Å². The van der Waals surface area contributed by atoms with E-state index in [9.17, 15) is 4.79 Å². The Morgan fingerprint density at radius 1 is 1.13 bits per heavy atom. The van der Waals surface area contributed by atoms with Crippen LogP contribution in [0.1, 0.15) is 33.1 Å². The van der Waals surface area contributed by atoms with Crippen molar-refractivity contribution in [3.8, 4) is 0 Å². The van der Waals surface area contributed by atoms with E-state index in [0.29, 0.717) is 13.1 Å². The molecule has 3 rings (SSSR count). The number of carbonyl (C=O) groups excluding carboxylic acids is 1. The summed E-state index contributed by atoms with van der Waals surface area (Å²) in [6.45, 7) is 7.51. The van der Waals surface area contributed by atoms with Crippen LogP contribution in [0.15, 0.2) is 24.3 Å². The Hall–Kier alpha value is -1.75. The average molecular weight is 317 g/mol. The number of morpholine rings is 1. The molecule has 0 saturated carbocycles. The first-order valence-electron chi connectivity index (χ1n) is 8.68. The lowest BCUT2D eigenvalue weighted by atomic mass is 10.1. The summed E-state index contributed by atoms with van der Waals surface area (Å²) in [4.78, 5) is 16.7. The molecular weight excluding hydrogens is 290 g/mol. The minimum atomic E-state index is -0.0391. The predicted molar refractivity (Wildman–Crippen MR) is 93.1 cm³/mol. The SMILES string of the molecule is CC1CN(C(=O)Nc2cccc(N3CCCCC3)c2)CC(C)O1. The lowest BCUT2D eigenvalue weighted by Crippen LogP contribution is -2.49. The van der Waals surface area contributed by atoms with Crippen molar-refractivity contribution in [2.45, 2.75) is 45.3 Å². The number of anilines is 2. The maximum absolute atomic E-state index is 12.5. The van der Waals surface area contributed by atoms with E-state index in [1.807, 2.05) is 30.9 Å². The first-order chi connectivity index (χ1) is 11.1. The topological polar surface area (TPSA) is 44.8 Å². The summed E-state index contributed by atoms with van der Waals surface area (Å²) in [5, 5.41) is 3.04. The fourth-order valence-corrected chi connectivity index (χ4v) is 3.48. The number of nitrogens with zero attached hydrogens (tertiary/aromatic N) is 2. The van der Waals surface area contributed by atoms with Gasteiger partial charge < -0.3 is 19.9 Å². The van der Waals surface area contributed by atoms with Crippen LogP contribution in [0.25, 0.3) is 0 Å². The minimum absolute atomic E-state index is 0.0391. The van der Waals surface area contributed by atoms with Crippen molar-refractivity contribution in [2.24, 2.45) is 0 Å². The second-order valence-electron chi connectivity index (χ2n) is 6.69. The molecule has 126 valence electrons. The maximum atomic E-state index is 12.5. The Labute approximate surface area is 138 Å². The van der Waals surface area contributed by atoms with Gasteiger partial charge in [0.25, 0.3) is 0 Å². The second-order valence-corrected chi connectivity index (χ2v) is 6.69. The quantitative estimate of drug-likeness (QED) is 0.910. The summed E-state index contributed by atoms with van der Waals surface area (Å²) in [5.41, 5.74) is 2.07. The molecule has 1 aromatic rings. The first kappa shape index (κ1) is 16.1. The van der Waals surface area contributed by atoms with Gasteiger partial charge in [0.1, 0.15) is 0 Å². The summed E-state index contributed by atoms with van der Waals surface area (Å²) in [7, 11) is 0. The highest BCUT2D eigenvalue weighted by Crippen LogP contribution is 2.23. The zero-order valence-corrected chi connectivity index (χ0v) is 14.1. The number of hydrogen-bond acceptors (Lipinski definition) is 3. The summed E-state index contributed by atoms with van der Waals surface area (Å²) in [5.74, 6) is 0. The Morgan fingerprint density at radius 2 is 1.83 bits per heavy atom. The van der Waals surface area contributed by atoms with Crippen LogP contribution < -0.4 is 10.2 Å². The van der Waals surface area contributed by atoms with Crippen LogP contribution in [0.5, 0.6) is 0 Å². The van der Waals surface area contributed by atoms with Crippen molar-refractivity contribution in [1.29, 1.82) is 0 Å². The number of rotatable bonds is 2. The van der Waals surface area contributed by atoms with E-state index in [0.717, 1.165) is 18.8 Å². The van der Waals surface area contributed by atoms with Crippen molar-refractivity contribution >= 4 is 17.4 Å². The number of benzene rings is 1. The Bertz CT molecular complexity index is 533. The van der Waals surface area contributed by atoms with Gasteiger partial charge in [-0.25, -0.2) is 4.79 Å². The maximum Gasteiger partial charge on any atom is 0.322 e. The van der Waals surface area contributed by atoms with Crippen molar-refractivity contribution in [1.82, 2.24) is 4.90 Å². The van der Waals surface area contributed by atoms with Gasteiger partial charge in [-0.05, 0) is 51.3 Å². The van der Waals surface area contributed by atoms with Crippen LogP contribution in [0.2, 0.25) is 0 Å². The Balaban J connectivity index is 1.64. The van der Waals surface area contributed by atoms with Gasteiger partial charge in [0.05, 0.1) is 12.2 Å². The molecule has 0 bridgehead atoms. The van der Waals surface area contributed by atoms with Crippen LogP contribution >= 0.6 is 0 Å². The van der Waals surface area contributed by atoms with E-state index in [-0.39, 0.29) is 18.2 Å². The predicted octanol–water partition coefficient (Wildman–Crippen LogP) is 3.32. The van der Waals surface area contributed by atoms with Gasteiger partial charge in [-0.1, -0.05) is 6.07 Å². The zero-order valence-electron chi connectivity index (χ0n) is 14.1. The lowest BCUT2D eigenvalue weighted by molar-refractivity contribution is -0.0530. The highest BCUT2D eigenvalue weighted by molar-refractivity contribution is 5.90. The Kier molecular flexibility index (Phi) is 5.06. The number of carbonyl (C=O) groups is 1. The Morgan fingerprint density at radius 3 is 2.52 bits per heavy atom. The molecule has 2 atom stereocenters. The molecular formula is C18H27N3O2. The molecule has 2 aliphatic heterocycles. The van der Waals surface area contributed by atoms with E-state index in [1.54, 1.807) is 0 Å². The molecule has 2 unspecified atom stereocenters. The van der Waals surface area contributed by atoms with E-state index in [2.05, 4.69) is 22.3 Å². The second kappa shape index (κ2) is 7.21. The number of piperidine rings is 1. The normalized spacial score (nSPS) is 25.3. The molecule has 0 spiro atoms. The number of ether oxygens (including phenoxy) is 1. The molecule has 2 heterocycles. The van der Waals surface area contributed by atoms with Crippen LogP contribution in [-0.4, -0.2) is 49.3 Å². The van der Waals surface area contributed by atoms with Gasteiger partial charge >= 0.3 is 6.03 Å². The van der Waals surface area contributed by atoms with Gasteiger partial charge in [-0.15, -0.1) is 0 Å². The van der Waals surface area contributed by atoms with Crippen molar-refractivity contribution in [3.63, 3.8) is 0 Å². The third-order valence-electron chi connectivity index (χ3n) is 4.53. The van der Waals surface area contributed by atoms with Gasteiger partial charge in [-0.3, -0.25) is 0 Å². The summed E-state index contributed by atoms with van der Waals surface area (Å²) < 4.78 is 5.69. The molecule has 2 aliphatic rings. The van der Waals surface area contributed by atoms with E-state index < -0.39 is 0 Å². The summed E-state index contributed by atoms with van der Waals surface area (Å²) in [6.07, 6.45) is 3.99. The van der Waals surface area contributed by atoms with Crippen molar-refractivity contribution in [3.05, 3.63) is 24.3 Å². The fourth-order valence-electron chi connectivity index (χ4n) is 3.48. The number of amides is 2. The zero-order chi connectivity index (χ0) is 16.2. The van der Waals surface area contributed by atoms with Crippen LogP contribution in [0, 0.1) is 0 Å². The summed E-state index contributed by atoms with van der Waals surface area (Å²) in [6, 6.07) is 8.14. The minimum Gasteiger partial charge on any atom is -0.372 e. The van der Waals surface area contributed by atoms with Gasteiger partial charge in [-0.2, -0.15) is 0 Å². The van der Waals surface area contributed by atoms with Crippen LogP contribution in [-0.2, 0) is 4.74 Å². The molecule has 1 aromatic carbocycles. The van der Waals surface area contributed by atoms with Gasteiger partial charge in [0.2, 0.25) is 0 Å². The molecule has 5 heteroatoms. The average Bonchev–Trinajstić information content (AvgIpc) is 2.55. The van der Waals surface area contributed by atoms with Crippen molar-refractivity contribution in [2.75, 3.05) is 36.4 Å². The molecule has 2 fully saturated rings. The highest BCUT2D eigenvalue weighted by atomic mass is 16.5. The third-order valence-corrected chi connectivity index (χ3v) is 4.53. The smallest absolute Gasteiger partial charge is 0.322 e. The molecule has 1 N–H and O–H groups in total. The largest absolute Gasteiger partial charge is 0.372 e. The highest BCUT2D eigenvalue weighted by Gasteiger charge is 2.26. The third kappa shape index (κ3) is 4.16. The molecule has 5 nitrogen and oxygen atoms in total. The van der Waals surface area contributed by atoms with Gasteiger partial charge in [0, 0.05) is 37.6 Å². The lowest BCUT2D eigenvalue weighted by Gasteiger charge is -2.35. The monoisotopic (exact) mass is 317 g/mol. The molecule has 0 aliphatic carbocycles. The first-order valence-corrected chi connectivity index (χ1v) is 8.68. The van der Waals surface area contributed by atoms with E-state index >= 15 is 0 Å². The number of hydrogen-bond donors (Lipinski definition) is 1.